The lowest BCUT2D eigenvalue weighted by Gasteiger charge is -2.08. The van der Waals surface area contributed by atoms with E-state index in [-0.39, 0.29) is 17.6 Å². The second-order valence-corrected chi connectivity index (χ2v) is 6.39. The quantitative estimate of drug-likeness (QED) is 0.927. The molecule has 1 aliphatic rings. The summed E-state index contributed by atoms with van der Waals surface area (Å²) in [5, 5.41) is 3.20. The summed E-state index contributed by atoms with van der Waals surface area (Å²) in [6.07, 6.45) is -3.49. The minimum Gasteiger partial charge on any atom is -0.484 e. The summed E-state index contributed by atoms with van der Waals surface area (Å²) in [4.78, 5) is 16.1. The normalized spacial score (nSPS) is 20.9. The van der Waals surface area contributed by atoms with Crippen molar-refractivity contribution >= 4 is 32.6 Å². The molecule has 1 saturated carbocycles. The third kappa shape index (κ3) is 3.49. The van der Waals surface area contributed by atoms with Crippen molar-refractivity contribution in [3.63, 3.8) is 0 Å². The molecule has 3 rings (SSSR count). The standard InChI is InChI=1S/C14H13F3N2O2S/c1-7-4-9(7)12(20)19-13-18-10-3-2-8(5-11(10)22-13)21-6-14(15,16)17/h2-3,5,7,9H,4,6H2,1H3,(H,18,19,20)/t7-,9-/m0/s1. The Morgan fingerprint density at radius 3 is 2.86 bits per heavy atom. The Kier molecular flexibility index (Phi) is 3.72. The summed E-state index contributed by atoms with van der Waals surface area (Å²) in [6.45, 7) is 0.674. The van der Waals surface area contributed by atoms with E-state index in [1.165, 1.54) is 23.5 Å². The lowest BCUT2D eigenvalue weighted by atomic mass is 10.3. The molecule has 1 aromatic heterocycles. The number of hydrogen-bond acceptors (Lipinski definition) is 4. The van der Waals surface area contributed by atoms with Crippen molar-refractivity contribution in [2.45, 2.75) is 19.5 Å². The van der Waals surface area contributed by atoms with E-state index in [0.29, 0.717) is 21.3 Å². The highest BCUT2D eigenvalue weighted by Crippen LogP contribution is 2.39. The van der Waals surface area contributed by atoms with Crippen LogP contribution in [0.5, 0.6) is 5.75 Å². The number of alkyl halides is 3. The summed E-state index contributed by atoms with van der Waals surface area (Å²) < 4.78 is 41.8. The first-order valence-electron chi connectivity index (χ1n) is 6.73. The minimum atomic E-state index is -4.37. The Morgan fingerprint density at radius 1 is 1.50 bits per heavy atom. The van der Waals surface area contributed by atoms with Crippen LogP contribution in [-0.4, -0.2) is 23.7 Å². The van der Waals surface area contributed by atoms with E-state index >= 15 is 0 Å². The molecule has 8 heteroatoms. The van der Waals surface area contributed by atoms with Crippen LogP contribution in [0, 0.1) is 11.8 Å². The second kappa shape index (κ2) is 5.42. The van der Waals surface area contributed by atoms with Crippen molar-refractivity contribution in [2.75, 3.05) is 11.9 Å². The SMILES string of the molecule is C[C@H]1C[C@@H]1C(=O)Nc1nc2ccc(OCC(F)(F)F)cc2s1. The highest BCUT2D eigenvalue weighted by molar-refractivity contribution is 7.22. The molecule has 1 aliphatic carbocycles. The molecule has 22 heavy (non-hydrogen) atoms. The summed E-state index contributed by atoms with van der Waals surface area (Å²) in [5.41, 5.74) is 0.614. The number of benzene rings is 1. The van der Waals surface area contributed by atoms with Crippen LogP contribution in [0.3, 0.4) is 0 Å². The van der Waals surface area contributed by atoms with Gasteiger partial charge in [-0.3, -0.25) is 4.79 Å². The number of hydrogen-bond donors (Lipinski definition) is 1. The molecule has 118 valence electrons. The van der Waals surface area contributed by atoms with Gasteiger partial charge in [-0.2, -0.15) is 13.2 Å². The zero-order valence-electron chi connectivity index (χ0n) is 11.6. The van der Waals surface area contributed by atoms with E-state index in [2.05, 4.69) is 10.3 Å². The number of rotatable bonds is 4. The predicted octanol–water partition coefficient (Wildman–Crippen LogP) is 3.83. The molecule has 0 bridgehead atoms. The van der Waals surface area contributed by atoms with Gasteiger partial charge in [-0.15, -0.1) is 0 Å². The van der Waals surface area contributed by atoms with Crippen molar-refractivity contribution in [1.29, 1.82) is 0 Å². The van der Waals surface area contributed by atoms with Crippen LogP contribution in [0.2, 0.25) is 0 Å². The van der Waals surface area contributed by atoms with E-state index in [9.17, 15) is 18.0 Å². The second-order valence-electron chi connectivity index (χ2n) is 5.36. The van der Waals surface area contributed by atoms with Crippen LogP contribution in [-0.2, 0) is 4.79 Å². The van der Waals surface area contributed by atoms with E-state index < -0.39 is 12.8 Å². The maximum atomic E-state index is 12.1. The van der Waals surface area contributed by atoms with E-state index in [1.54, 1.807) is 6.07 Å². The average molecular weight is 330 g/mol. The number of carbonyl (C=O) groups excluding carboxylic acids is 1. The largest absolute Gasteiger partial charge is 0.484 e. The number of aromatic nitrogens is 1. The van der Waals surface area contributed by atoms with E-state index in [1.807, 2.05) is 6.92 Å². The summed E-state index contributed by atoms with van der Waals surface area (Å²) >= 11 is 1.22. The molecule has 1 amide bonds. The number of amides is 1. The number of nitrogens with zero attached hydrogens (tertiary/aromatic N) is 1. The molecular weight excluding hydrogens is 317 g/mol. The van der Waals surface area contributed by atoms with Crippen molar-refractivity contribution in [3.05, 3.63) is 18.2 Å². The Labute approximate surface area is 128 Å². The lowest BCUT2D eigenvalue weighted by Crippen LogP contribution is -2.19. The van der Waals surface area contributed by atoms with Crippen molar-refractivity contribution in [1.82, 2.24) is 4.98 Å². The van der Waals surface area contributed by atoms with Crippen LogP contribution in [0.4, 0.5) is 18.3 Å². The van der Waals surface area contributed by atoms with Crippen molar-refractivity contribution in [2.24, 2.45) is 11.8 Å². The molecule has 0 spiro atoms. The lowest BCUT2D eigenvalue weighted by molar-refractivity contribution is -0.153. The third-order valence-electron chi connectivity index (χ3n) is 3.44. The van der Waals surface area contributed by atoms with Crippen molar-refractivity contribution < 1.29 is 22.7 Å². The first-order valence-corrected chi connectivity index (χ1v) is 7.54. The number of thiazole rings is 1. The van der Waals surface area contributed by atoms with Crippen LogP contribution in [0.1, 0.15) is 13.3 Å². The van der Waals surface area contributed by atoms with Gasteiger partial charge < -0.3 is 10.1 Å². The highest BCUT2D eigenvalue weighted by atomic mass is 32.1. The minimum absolute atomic E-state index is 0.0395. The van der Waals surface area contributed by atoms with Crippen LogP contribution in [0.15, 0.2) is 18.2 Å². The van der Waals surface area contributed by atoms with Gasteiger partial charge in [0.1, 0.15) is 5.75 Å². The molecule has 1 N–H and O–H groups in total. The molecule has 0 radical (unpaired) electrons. The number of anilines is 1. The van der Waals surface area contributed by atoms with Gasteiger partial charge in [-0.25, -0.2) is 4.98 Å². The molecule has 2 aromatic rings. The molecule has 1 heterocycles. The zero-order valence-corrected chi connectivity index (χ0v) is 12.4. The van der Waals surface area contributed by atoms with Gasteiger partial charge in [0.2, 0.25) is 5.91 Å². The summed E-state index contributed by atoms with van der Waals surface area (Å²) in [6, 6.07) is 4.50. The van der Waals surface area contributed by atoms with Gasteiger partial charge in [-0.05, 0) is 30.5 Å². The van der Waals surface area contributed by atoms with Gasteiger partial charge in [0.15, 0.2) is 11.7 Å². The molecule has 4 nitrogen and oxygen atoms in total. The van der Waals surface area contributed by atoms with Gasteiger partial charge in [0.05, 0.1) is 10.2 Å². The monoisotopic (exact) mass is 330 g/mol. The van der Waals surface area contributed by atoms with Gasteiger partial charge in [0.25, 0.3) is 0 Å². The smallest absolute Gasteiger partial charge is 0.422 e. The Hall–Kier alpha value is -1.83. The molecule has 2 atom stereocenters. The molecule has 1 fully saturated rings. The molecule has 0 unspecified atom stereocenters. The topological polar surface area (TPSA) is 51.2 Å². The number of fused-ring (bicyclic) bond motifs is 1. The van der Waals surface area contributed by atoms with Crippen LogP contribution < -0.4 is 10.1 Å². The first-order chi connectivity index (χ1) is 10.3. The fraction of sp³-hybridized carbons (Fsp3) is 0.429. The fourth-order valence-corrected chi connectivity index (χ4v) is 3.00. The Morgan fingerprint density at radius 2 is 2.23 bits per heavy atom. The summed E-state index contributed by atoms with van der Waals surface area (Å²) in [7, 11) is 0. The first kappa shape index (κ1) is 15.1. The van der Waals surface area contributed by atoms with Crippen LogP contribution in [0.25, 0.3) is 10.2 Å². The number of carbonyl (C=O) groups is 1. The van der Waals surface area contributed by atoms with E-state index in [0.717, 1.165) is 6.42 Å². The maximum Gasteiger partial charge on any atom is 0.422 e. The zero-order chi connectivity index (χ0) is 15.9. The number of nitrogens with one attached hydrogen (secondary N) is 1. The molecule has 0 saturated heterocycles. The van der Waals surface area contributed by atoms with Crippen molar-refractivity contribution in [3.8, 4) is 5.75 Å². The third-order valence-corrected chi connectivity index (χ3v) is 4.37. The Bertz CT molecular complexity index is 714. The molecule has 0 aliphatic heterocycles. The van der Waals surface area contributed by atoms with E-state index in [4.69, 9.17) is 4.74 Å². The van der Waals surface area contributed by atoms with Gasteiger partial charge >= 0.3 is 6.18 Å². The molecule has 1 aromatic carbocycles. The molecular formula is C14H13F3N2O2S. The highest BCUT2D eigenvalue weighted by Gasteiger charge is 2.39. The summed E-state index contributed by atoms with van der Waals surface area (Å²) in [5.74, 6) is 0.511. The fourth-order valence-electron chi connectivity index (χ4n) is 2.10. The van der Waals surface area contributed by atoms with Crippen LogP contribution >= 0.6 is 11.3 Å². The number of ether oxygens (including phenoxy) is 1. The average Bonchev–Trinajstić information content (AvgIpc) is 3.02. The Balaban J connectivity index is 1.71. The maximum absolute atomic E-state index is 12.1. The van der Waals surface area contributed by atoms with Gasteiger partial charge in [-0.1, -0.05) is 18.3 Å². The predicted molar refractivity (Wildman–Crippen MR) is 77.1 cm³/mol. The number of halogens is 3. The van der Waals surface area contributed by atoms with Gasteiger partial charge in [0, 0.05) is 5.92 Å².